The van der Waals surface area contributed by atoms with E-state index in [1.807, 2.05) is 34.1 Å². The fraction of sp³-hybridized carbons (Fsp3) is 1.00. The summed E-state index contributed by atoms with van der Waals surface area (Å²) < 4.78 is -0.0431. The van der Waals surface area contributed by atoms with Gasteiger partial charge in [0.15, 0.2) is 0 Å². The molecule has 0 N–H and O–H groups in total. The molecule has 0 bridgehead atoms. The van der Waals surface area contributed by atoms with E-state index in [1.165, 1.54) is 29.9 Å². The second-order valence-corrected chi connectivity index (χ2v) is 19.6. The van der Waals surface area contributed by atoms with Crippen LogP contribution in [0.4, 0.5) is 0 Å². The molecule has 0 fully saturated rings. The number of hydrogen-bond donors (Lipinski definition) is 0. The van der Waals surface area contributed by atoms with Crippen LogP contribution in [0.5, 0.6) is 0 Å². The molecule has 0 aromatic heterocycles. The second-order valence-electron chi connectivity index (χ2n) is 3.62. The van der Waals surface area contributed by atoms with E-state index in [2.05, 4.69) is 33.4 Å². The van der Waals surface area contributed by atoms with Gasteiger partial charge < -0.3 is 4.48 Å². The van der Waals surface area contributed by atoms with Crippen LogP contribution < -0.4 is 0 Å². The molecule has 0 aliphatic heterocycles. The predicted molar refractivity (Wildman–Crippen MR) is 85.9 cm³/mol. The first kappa shape index (κ1) is 16.7. The van der Waals surface area contributed by atoms with Gasteiger partial charge in [0.1, 0.15) is 3.64 Å². The lowest BCUT2D eigenvalue weighted by Gasteiger charge is -2.32. The molecule has 15 heavy (non-hydrogen) atoms. The molecule has 0 rings (SSSR count). The molecule has 0 aromatic carbocycles. The number of quaternary nitrogens is 1. The molecule has 0 spiro atoms. The SMILES string of the molecule is CC[N+](C)(CC)CCSP(=S)(SC)SC. The topological polar surface area (TPSA) is 0 Å². The van der Waals surface area contributed by atoms with Gasteiger partial charge in [-0.15, -0.1) is 22.8 Å². The summed E-state index contributed by atoms with van der Waals surface area (Å²) >= 11 is 11.4. The van der Waals surface area contributed by atoms with Crippen LogP contribution in [0.3, 0.4) is 0 Å². The zero-order valence-electron chi connectivity index (χ0n) is 10.4. The van der Waals surface area contributed by atoms with Crippen molar-refractivity contribution >= 4 is 49.6 Å². The van der Waals surface area contributed by atoms with Gasteiger partial charge >= 0.3 is 0 Å². The van der Waals surface area contributed by atoms with Crippen molar-refractivity contribution in [1.82, 2.24) is 0 Å². The van der Waals surface area contributed by atoms with Crippen molar-refractivity contribution in [3.8, 4) is 0 Å². The van der Waals surface area contributed by atoms with E-state index < -0.39 is 3.64 Å². The average molecular weight is 305 g/mol. The molecule has 0 saturated heterocycles. The first-order valence-corrected chi connectivity index (χ1v) is 13.2. The van der Waals surface area contributed by atoms with Crippen molar-refractivity contribution in [3.63, 3.8) is 0 Å². The maximum atomic E-state index is 5.66. The zero-order chi connectivity index (χ0) is 11.9. The molecule has 0 radical (unpaired) electrons. The molecule has 92 valence electrons. The van der Waals surface area contributed by atoms with Crippen LogP contribution in [0.15, 0.2) is 0 Å². The highest BCUT2D eigenvalue weighted by Crippen LogP contribution is 2.76. The molecule has 0 saturated carbocycles. The lowest BCUT2D eigenvalue weighted by Crippen LogP contribution is -2.45. The van der Waals surface area contributed by atoms with Crippen LogP contribution in [-0.2, 0) is 11.8 Å². The van der Waals surface area contributed by atoms with E-state index in [0.717, 1.165) is 0 Å². The van der Waals surface area contributed by atoms with Crippen LogP contribution in [0.25, 0.3) is 0 Å². The normalized spacial score (nSPS) is 13.1. The summed E-state index contributed by atoms with van der Waals surface area (Å²) in [5, 5.41) is 0. The average Bonchev–Trinajstić information content (AvgIpc) is 2.28. The first-order valence-electron chi connectivity index (χ1n) is 5.15. The third-order valence-corrected chi connectivity index (χ3v) is 19.5. The summed E-state index contributed by atoms with van der Waals surface area (Å²) in [4.78, 5) is 0. The van der Waals surface area contributed by atoms with Gasteiger partial charge in [0.2, 0.25) is 0 Å². The number of hydrogen-bond acceptors (Lipinski definition) is 4. The Bertz CT molecular complexity index is 210. The van der Waals surface area contributed by atoms with Crippen molar-refractivity contribution in [3.05, 3.63) is 0 Å². The Labute approximate surface area is 112 Å². The Kier molecular flexibility index (Phi) is 8.76. The number of nitrogens with zero attached hydrogens (tertiary/aromatic N) is 1. The summed E-state index contributed by atoms with van der Waals surface area (Å²) in [6.45, 7) is 8.23. The minimum absolute atomic E-state index is 1.17. The predicted octanol–water partition coefficient (Wildman–Crippen LogP) is 4.16. The van der Waals surface area contributed by atoms with Crippen molar-refractivity contribution in [2.75, 3.05) is 44.9 Å². The van der Waals surface area contributed by atoms with Crippen molar-refractivity contribution in [2.45, 2.75) is 13.8 Å². The van der Waals surface area contributed by atoms with E-state index in [1.54, 1.807) is 0 Å². The van der Waals surface area contributed by atoms with Crippen LogP contribution in [0, 0.1) is 0 Å². The van der Waals surface area contributed by atoms with Crippen LogP contribution >= 0.6 is 37.8 Å². The molecule has 0 aliphatic rings. The molecular weight excluding hydrogens is 281 g/mol. The monoisotopic (exact) mass is 304 g/mol. The summed E-state index contributed by atoms with van der Waals surface area (Å²) in [6, 6.07) is 0. The van der Waals surface area contributed by atoms with Crippen LogP contribution in [0.2, 0.25) is 0 Å². The van der Waals surface area contributed by atoms with Crippen LogP contribution in [0.1, 0.15) is 13.8 Å². The largest absolute Gasteiger partial charge is 0.326 e. The fourth-order valence-electron chi connectivity index (χ4n) is 1.09. The Morgan fingerprint density at radius 2 is 1.60 bits per heavy atom. The van der Waals surface area contributed by atoms with Crippen molar-refractivity contribution in [1.29, 1.82) is 0 Å². The molecule has 0 heterocycles. The van der Waals surface area contributed by atoms with Gasteiger partial charge in [0, 0.05) is 5.75 Å². The Morgan fingerprint density at radius 1 is 1.13 bits per heavy atom. The van der Waals surface area contributed by atoms with Crippen molar-refractivity contribution in [2.24, 2.45) is 0 Å². The molecule has 0 aromatic rings. The third-order valence-electron chi connectivity index (χ3n) is 2.85. The van der Waals surface area contributed by atoms with Gasteiger partial charge in [-0.05, 0) is 26.4 Å². The van der Waals surface area contributed by atoms with E-state index >= 15 is 0 Å². The molecule has 0 atom stereocenters. The van der Waals surface area contributed by atoms with Gasteiger partial charge in [-0.3, -0.25) is 0 Å². The Hall–Kier alpha value is 1.66. The molecular formula is C9H23NPS4+. The quantitative estimate of drug-likeness (QED) is 0.487. The Balaban J connectivity index is 4.02. The highest BCUT2D eigenvalue weighted by Gasteiger charge is 2.20. The van der Waals surface area contributed by atoms with Gasteiger partial charge in [-0.2, -0.15) is 0 Å². The minimum atomic E-state index is -1.21. The second kappa shape index (κ2) is 7.88. The smallest absolute Gasteiger partial charge is 0.109 e. The summed E-state index contributed by atoms with van der Waals surface area (Å²) in [5.74, 6) is 1.21. The van der Waals surface area contributed by atoms with Gasteiger partial charge in [0.25, 0.3) is 0 Å². The van der Waals surface area contributed by atoms with E-state index in [9.17, 15) is 0 Å². The maximum Gasteiger partial charge on any atom is 0.109 e. The number of rotatable bonds is 8. The fourth-order valence-corrected chi connectivity index (χ4v) is 9.45. The summed E-state index contributed by atoms with van der Waals surface area (Å²) in [7, 11) is 2.34. The highest BCUT2D eigenvalue weighted by atomic mass is 33.5. The molecule has 0 unspecified atom stereocenters. The maximum absolute atomic E-state index is 5.66. The standard InChI is InChI=1S/C9H23NPS4/c1-6-10(3,7-2)8-9-15-11(12,13-4)14-5/h6-9H2,1-5H3/q+1. The van der Waals surface area contributed by atoms with Gasteiger partial charge in [-0.25, -0.2) is 0 Å². The molecule has 6 heteroatoms. The molecule has 0 amide bonds. The third kappa shape index (κ3) is 6.23. The van der Waals surface area contributed by atoms with E-state index in [4.69, 9.17) is 11.8 Å². The van der Waals surface area contributed by atoms with Gasteiger partial charge in [-0.1, -0.05) is 23.2 Å². The van der Waals surface area contributed by atoms with Crippen LogP contribution in [-0.4, -0.2) is 49.4 Å². The molecule has 0 aliphatic carbocycles. The summed E-state index contributed by atoms with van der Waals surface area (Å²) in [5.41, 5.74) is 0. The Morgan fingerprint density at radius 3 is 1.93 bits per heavy atom. The van der Waals surface area contributed by atoms with E-state index in [0.29, 0.717) is 0 Å². The zero-order valence-corrected chi connectivity index (χ0v) is 14.5. The lowest BCUT2D eigenvalue weighted by atomic mass is 10.4. The minimum Gasteiger partial charge on any atom is -0.326 e. The van der Waals surface area contributed by atoms with Gasteiger partial charge in [0.05, 0.1) is 26.7 Å². The van der Waals surface area contributed by atoms with E-state index in [-0.39, 0.29) is 0 Å². The van der Waals surface area contributed by atoms with Crippen molar-refractivity contribution < 1.29 is 4.48 Å². The summed E-state index contributed by atoms with van der Waals surface area (Å²) in [6.07, 6.45) is 4.30. The highest BCUT2D eigenvalue weighted by molar-refractivity contribution is 9.22. The lowest BCUT2D eigenvalue weighted by molar-refractivity contribution is -0.903. The molecule has 1 nitrogen and oxygen atoms in total. The first-order chi connectivity index (χ1) is 6.95.